The number of carbonyl (C=O) groups is 2. The summed E-state index contributed by atoms with van der Waals surface area (Å²) in [7, 11) is 1.40. The molecule has 100 valence electrons. The van der Waals surface area contributed by atoms with E-state index in [1.54, 1.807) is 0 Å². The van der Waals surface area contributed by atoms with Gasteiger partial charge in [0.1, 0.15) is 6.10 Å². The van der Waals surface area contributed by atoms with Crippen molar-refractivity contribution in [3.8, 4) is 0 Å². The Bertz CT molecular complexity index is 518. The van der Waals surface area contributed by atoms with Crippen molar-refractivity contribution in [3.05, 3.63) is 41.7 Å². The maximum atomic E-state index is 11.7. The first kappa shape index (κ1) is 13.1. The van der Waals surface area contributed by atoms with E-state index in [1.165, 1.54) is 7.11 Å². The van der Waals surface area contributed by atoms with Crippen molar-refractivity contribution in [1.29, 1.82) is 0 Å². The Morgan fingerprint density at radius 2 is 2.05 bits per heavy atom. The van der Waals surface area contributed by atoms with Crippen LogP contribution in [0.4, 0.5) is 0 Å². The molecular weight excluding hydrogens is 248 g/mol. The maximum Gasteiger partial charge on any atom is 0.374 e. The summed E-state index contributed by atoms with van der Waals surface area (Å²) in [5.74, 6) is -1.31. The molecule has 5 heteroatoms. The first-order valence-electron chi connectivity index (χ1n) is 5.90. The summed E-state index contributed by atoms with van der Waals surface area (Å²) >= 11 is 0. The zero-order valence-corrected chi connectivity index (χ0v) is 10.5. The molecule has 2 rings (SSSR count). The first-order chi connectivity index (χ1) is 9.13. The van der Waals surface area contributed by atoms with Gasteiger partial charge < -0.3 is 14.6 Å². The van der Waals surface area contributed by atoms with Crippen molar-refractivity contribution in [2.24, 2.45) is 0 Å². The summed E-state index contributed by atoms with van der Waals surface area (Å²) in [5.41, 5.74) is 1.43. The molecule has 1 aromatic rings. The SMILES string of the molecule is COC1=C(c2ccccc2)C(CCC(=O)O)OC1=O. The van der Waals surface area contributed by atoms with Gasteiger partial charge in [-0.3, -0.25) is 4.79 Å². The van der Waals surface area contributed by atoms with E-state index >= 15 is 0 Å². The number of hydrogen-bond donors (Lipinski definition) is 1. The third-order valence-electron chi connectivity index (χ3n) is 2.91. The summed E-state index contributed by atoms with van der Waals surface area (Å²) in [6.45, 7) is 0. The molecule has 1 aliphatic rings. The van der Waals surface area contributed by atoms with Gasteiger partial charge in [0.25, 0.3) is 0 Å². The van der Waals surface area contributed by atoms with E-state index in [2.05, 4.69) is 0 Å². The van der Waals surface area contributed by atoms with Gasteiger partial charge in [0, 0.05) is 12.0 Å². The summed E-state index contributed by atoms with van der Waals surface area (Å²) in [5, 5.41) is 8.73. The molecule has 0 amide bonds. The van der Waals surface area contributed by atoms with Crippen molar-refractivity contribution >= 4 is 17.5 Å². The number of carboxylic acid groups (broad SMARTS) is 1. The van der Waals surface area contributed by atoms with Crippen molar-refractivity contribution < 1.29 is 24.2 Å². The number of esters is 1. The van der Waals surface area contributed by atoms with Crippen molar-refractivity contribution in [2.45, 2.75) is 18.9 Å². The Kier molecular flexibility index (Phi) is 3.85. The molecule has 19 heavy (non-hydrogen) atoms. The molecule has 1 heterocycles. The van der Waals surface area contributed by atoms with Gasteiger partial charge in [-0.15, -0.1) is 0 Å². The van der Waals surface area contributed by atoms with E-state index in [0.717, 1.165) is 5.56 Å². The minimum atomic E-state index is -0.922. The quantitative estimate of drug-likeness (QED) is 0.819. The van der Waals surface area contributed by atoms with Gasteiger partial charge in [0.05, 0.1) is 7.11 Å². The van der Waals surface area contributed by atoms with Crippen LogP contribution in [0.1, 0.15) is 18.4 Å². The Morgan fingerprint density at radius 3 is 2.63 bits per heavy atom. The predicted octanol–water partition coefficient (Wildman–Crippen LogP) is 1.83. The Balaban J connectivity index is 2.33. The molecule has 1 unspecified atom stereocenters. The molecule has 1 N–H and O–H groups in total. The normalized spacial score (nSPS) is 18.4. The third-order valence-corrected chi connectivity index (χ3v) is 2.91. The second kappa shape index (κ2) is 5.56. The zero-order valence-electron chi connectivity index (χ0n) is 10.5. The van der Waals surface area contributed by atoms with E-state index < -0.39 is 18.0 Å². The molecule has 1 aliphatic heterocycles. The molecule has 1 aromatic carbocycles. The number of carboxylic acids is 1. The van der Waals surface area contributed by atoms with Crippen LogP contribution in [-0.2, 0) is 19.1 Å². The Hall–Kier alpha value is -2.30. The summed E-state index contributed by atoms with van der Waals surface area (Å²) in [6, 6.07) is 9.22. The lowest BCUT2D eigenvalue weighted by Crippen LogP contribution is -2.13. The zero-order chi connectivity index (χ0) is 13.8. The van der Waals surface area contributed by atoms with Crippen LogP contribution in [-0.4, -0.2) is 30.3 Å². The lowest BCUT2D eigenvalue weighted by atomic mass is 9.97. The van der Waals surface area contributed by atoms with E-state index in [4.69, 9.17) is 14.6 Å². The van der Waals surface area contributed by atoms with E-state index in [1.807, 2.05) is 30.3 Å². The summed E-state index contributed by atoms with van der Waals surface area (Å²) < 4.78 is 10.3. The molecule has 5 nitrogen and oxygen atoms in total. The number of benzene rings is 1. The largest absolute Gasteiger partial charge is 0.490 e. The highest BCUT2D eigenvalue weighted by atomic mass is 16.6. The van der Waals surface area contributed by atoms with Gasteiger partial charge >= 0.3 is 11.9 Å². The van der Waals surface area contributed by atoms with Crippen LogP contribution in [0, 0.1) is 0 Å². The number of aliphatic carboxylic acids is 1. The van der Waals surface area contributed by atoms with Crippen LogP contribution < -0.4 is 0 Å². The highest BCUT2D eigenvalue weighted by Crippen LogP contribution is 2.34. The number of cyclic esters (lactones) is 1. The van der Waals surface area contributed by atoms with Gasteiger partial charge in [0.15, 0.2) is 0 Å². The van der Waals surface area contributed by atoms with Gasteiger partial charge in [0.2, 0.25) is 5.76 Å². The first-order valence-corrected chi connectivity index (χ1v) is 5.90. The number of ether oxygens (including phenoxy) is 2. The second-order valence-corrected chi connectivity index (χ2v) is 4.14. The average molecular weight is 262 g/mol. The highest BCUT2D eigenvalue weighted by molar-refractivity contribution is 6.01. The minimum Gasteiger partial charge on any atom is -0.490 e. The van der Waals surface area contributed by atoms with E-state index in [0.29, 0.717) is 5.57 Å². The molecule has 0 aromatic heterocycles. The summed E-state index contributed by atoms with van der Waals surface area (Å²) in [4.78, 5) is 22.3. The van der Waals surface area contributed by atoms with Crippen LogP contribution in [0.5, 0.6) is 0 Å². The monoisotopic (exact) mass is 262 g/mol. The Labute approximate surface area is 110 Å². The van der Waals surface area contributed by atoms with E-state index in [-0.39, 0.29) is 18.6 Å². The van der Waals surface area contributed by atoms with Crippen LogP contribution in [0.2, 0.25) is 0 Å². The lowest BCUT2D eigenvalue weighted by Gasteiger charge is -2.12. The fraction of sp³-hybridized carbons (Fsp3) is 0.286. The van der Waals surface area contributed by atoms with Gasteiger partial charge in [-0.05, 0) is 12.0 Å². The maximum absolute atomic E-state index is 11.7. The fourth-order valence-corrected chi connectivity index (χ4v) is 2.08. The number of rotatable bonds is 5. The molecule has 1 atom stereocenters. The fourth-order valence-electron chi connectivity index (χ4n) is 2.08. The highest BCUT2D eigenvalue weighted by Gasteiger charge is 2.36. The molecule has 0 spiro atoms. The molecular formula is C14H14O5. The molecule has 0 radical (unpaired) electrons. The molecule has 0 aliphatic carbocycles. The third kappa shape index (κ3) is 2.76. The van der Waals surface area contributed by atoms with Crippen LogP contribution in [0.3, 0.4) is 0 Å². The van der Waals surface area contributed by atoms with Gasteiger partial charge in [-0.1, -0.05) is 30.3 Å². The number of hydrogen-bond acceptors (Lipinski definition) is 4. The number of methoxy groups -OCH3 is 1. The predicted molar refractivity (Wildman–Crippen MR) is 67.1 cm³/mol. The number of carbonyl (C=O) groups excluding carboxylic acids is 1. The topological polar surface area (TPSA) is 72.8 Å². The molecule has 0 saturated carbocycles. The lowest BCUT2D eigenvalue weighted by molar-refractivity contribution is -0.144. The smallest absolute Gasteiger partial charge is 0.374 e. The Morgan fingerprint density at radius 1 is 1.37 bits per heavy atom. The average Bonchev–Trinajstić information content (AvgIpc) is 2.73. The van der Waals surface area contributed by atoms with Crippen LogP contribution >= 0.6 is 0 Å². The molecule has 0 bridgehead atoms. The molecule has 0 fully saturated rings. The van der Waals surface area contributed by atoms with Crippen LogP contribution in [0.25, 0.3) is 5.57 Å². The van der Waals surface area contributed by atoms with Crippen LogP contribution in [0.15, 0.2) is 36.1 Å². The van der Waals surface area contributed by atoms with Crippen molar-refractivity contribution in [2.75, 3.05) is 7.11 Å². The standard InChI is InChI=1S/C14H14O5/c1-18-13-12(9-5-3-2-4-6-9)10(19-14(13)17)7-8-11(15)16/h2-6,10H,7-8H2,1H3,(H,15,16). The molecule has 0 saturated heterocycles. The van der Waals surface area contributed by atoms with E-state index in [9.17, 15) is 9.59 Å². The minimum absolute atomic E-state index is 0.0642. The van der Waals surface area contributed by atoms with Crippen molar-refractivity contribution in [3.63, 3.8) is 0 Å². The second-order valence-electron chi connectivity index (χ2n) is 4.14. The summed E-state index contributed by atoms with van der Waals surface area (Å²) in [6.07, 6.45) is -0.398. The van der Waals surface area contributed by atoms with Gasteiger partial charge in [-0.2, -0.15) is 0 Å². The van der Waals surface area contributed by atoms with Gasteiger partial charge in [-0.25, -0.2) is 4.79 Å². The van der Waals surface area contributed by atoms with Crippen molar-refractivity contribution in [1.82, 2.24) is 0 Å².